The van der Waals surface area contributed by atoms with Gasteiger partial charge < -0.3 is 19.9 Å². The standard InChI is InChI=1S/C14H15NO5/c16-13(8-1-2-9(5-8)14(17)18)15-10-3-4-11-12(6-10)20-7-19-11/h3-4,6,8-9H,1-2,5,7H2,(H,15,16)(H,17,18)/t8-,9+/m1/s1. The fourth-order valence-corrected chi connectivity index (χ4v) is 2.66. The minimum absolute atomic E-state index is 0.132. The lowest BCUT2D eigenvalue weighted by atomic mass is 10.0. The molecule has 20 heavy (non-hydrogen) atoms. The molecule has 2 aliphatic rings. The van der Waals surface area contributed by atoms with E-state index in [4.69, 9.17) is 14.6 Å². The summed E-state index contributed by atoms with van der Waals surface area (Å²) in [5.41, 5.74) is 0.637. The maximum Gasteiger partial charge on any atom is 0.306 e. The van der Waals surface area contributed by atoms with Crippen molar-refractivity contribution >= 4 is 17.6 Å². The van der Waals surface area contributed by atoms with Crippen LogP contribution >= 0.6 is 0 Å². The highest BCUT2D eigenvalue weighted by atomic mass is 16.7. The number of amides is 1. The highest BCUT2D eigenvalue weighted by Crippen LogP contribution is 2.35. The van der Waals surface area contributed by atoms with Crippen LogP contribution in [-0.2, 0) is 9.59 Å². The number of nitrogens with one attached hydrogen (secondary N) is 1. The maximum atomic E-state index is 12.1. The van der Waals surface area contributed by atoms with Crippen molar-refractivity contribution in [1.29, 1.82) is 0 Å². The summed E-state index contributed by atoms with van der Waals surface area (Å²) in [5.74, 6) is -0.313. The fraction of sp³-hybridized carbons (Fsp3) is 0.429. The van der Waals surface area contributed by atoms with Gasteiger partial charge in [0.05, 0.1) is 5.92 Å². The molecule has 1 aliphatic heterocycles. The van der Waals surface area contributed by atoms with Crippen molar-refractivity contribution in [3.8, 4) is 11.5 Å². The van der Waals surface area contributed by atoms with E-state index in [-0.39, 0.29) is 18.6 Å². The van der Waals surface area contributed by atoms with Crippen LogP contribution in [0, 0.1) is 11.8 Å². The number of ether oxygens (including phenoxy) is 2. The number of carbonyl (C=O) groups excluding carboxylic acids is 1. The fourth-order valence-electron chi connectivity index (χ4n) is 2.66. The van der Waals surface area contributed by atoms with Crippen molar-refractivity contribution in [1.82, 2.24) is 0 Å². The Bertz CT molecular complexity index is 556. The SMILES string of the molecule is O=C(O)[C@H]1CC[C@@H](C(=O)Nc2ccc3c(c2)OCO3)C1. The molecule has 2 N–H and O–H groups in total. The summed E-state index contributed by atoms with van der Waals surface area (Å²) < 4.78 is 10.4. The first-order valence-electron chi connectivity index (χ1n) is 6.57. The maximum absolute atomic E-state index is 12.1. The lowest BCUT2D eigenvalue weighted by molar-refractivity contribution is -0.141. The predicted molar refractivity (Wildman–Crippen MR) is 69.7 cm³/mol. The quantitative estimate of drug-likeness (QED) is 0.880. The van der Waals surface area contributed by atoms with E-state index in [0.29, 0.717) is 36.4 Å². The van der Waals surface area contributed by atoms with Gasteiger partial charge in [0.1, 0.15) is 0 Å². The van der Waals surface area contributed by atoms with Crippen molar-refractivity contribution in [2.45, 2.75) is 19.3 Å². The Labute approximate surface area is 115 Å². The second-order valence-corrected chi connectivity index (χ2v) is 5.10. The first-order chi connectivity index (χ1) is 9.63. The zero-order valence-electron chi connectivity index (χ0n) is 10.8. The number of anilines is 1. The average molecular weight is 277 g/mol. The highest BCUT2D eigenvalue weighted by Gasteiger charge is 2.33. The van der Waals surface area contributed by atoms with Gasteiger partial charge in [0.25, 0.3) is 0 Å². The van der Waals surface area contributed by atoms with Crippen molar-refractivity contribution in [3.05, 3.63) is 18.2 Å². The molecule has 0 aromatic heterocycles. The molecule has 1 aromatic carbocycles. The molecular weight excluding hydrogens is 262 g/mol. The average Bonchev–Trinajstić information content (AvgIpc) is 3.07. The third-order valence-electron chi connectivity index (χ3n) is 3.79. The van der Waals surface area contributed by atoms with Crippen LogP contribution in [0.2, 0.25) is 0 Å². The molecule has 1 aliphatic carbocycles. The van der Waals surface area contributed by atoms with Gasteiger partial charge in [-0.25, -0.2) is 0 Å². The number of fused-ring (bicyclic) bond motifs is 1. The number of carboxylic acid groups (broad SMARTS) is 1. The topological polar surface area (TPSA) is 84.9 Å². The molecule has 0 unspecified atom stereocenters. The lowest BCUT2D eigenvalue weighted by Crippen LogP contribution is -2.21. The number of aliphatic carboxylic acids is 1. The minimum Gasteiger partial charge on any atom is -0.481 e. The number of carbonyl (C=O) groups is 2. The number of benzene rings is 1. The molecule has 106 valence electrons. The summed E-state index contributed by atoms with van der Waals surface area (Å²) in [6.07, 6.45) is 1.59. The van der Waals surface area contributed by atoms with Gasteiger partial charge in [0.2, 0.25) is 12.7 Å². The molecule has 0 saturated heterocycles. The van der Waals surface area contributed by atoms with E-state index in [1.165, 1.54) is 0 Å². The Hall–Kier alpha value is -2.24. The van der Waals surface area contributed by atoms with Crippen LogP contribution in [0.1, 0.15) is 19.3 Å². The normalized spacial score (nSPS) is 23.6. The first-order valence-corrected chi connectivity index (χ1v) is 6.57. The van der Waals surface area contributed by atoms with Gasteiger partial charge in [0, 0.05) is 17.7 Å². The van der Waals surface area contributed by atoms with E-state index in [2.05, 4.69) is 5.32 Å². The Morgan fingerprint density at radius 3 is 2.65 bits per heavy atom. The number of carboxylic acids is 1. The van der Waals surface area contributed by atoms with Crippen LogP contribution in [0.3, 0.4) is 0 Å². The van der Waals surface area contributed by atoms with E-state index in [1.807, 2.05) is 0 Å². The third-order valence-corrected chi connectivity index (χ3v) is 3.79. The van der Waals surface area contributed by atoms with E-state index in [0.717, 1.165) is 0 Å². The van der Waals surface area contributed by atoms with E-state index in [1.54, 1.807) is 18.2 Å². The molecule has 1 amide bonds. The molecule has 1 fully saturated rings. The van der Waals surface area contributed by atoms with Crippen molar-refractivity contribution in [3.63, 3.8) is 0 Å². The molecule has 0 spiro atoms. The summed E-state index contributed by atoms with van der Waals surface area (Å²) in [6.45, 7) is 0.190. The number of rotatable bonds is 3. The smallest absolute Gasteiger partial charge is 0.306 e. The second-order valence-electron chi connectivity index (χ2n) is 5.10. The number of hydrogen-bond acceptors (Lipinski definition) is 4. The molecule has 1 aromatic rings. The van der Waals surface area contributed by atoms with Crippen molar-refractivity contribution in [2.75, 3.05) is 12.1 Å². The van der Waals surface area contributed by atoms with E-state index < -0.39 is 11.9 Å². The van der Waals surface area contributed by atoms with Crippen LogP contribution in [0.25, 0.3) is 0 Å². The molecule has 6 heteroatoms. The highest BCUT2D eigenvalue weighted by molar-refractivity contribution is 5.93. The summed E-state index contributed by atoms with van der Waals surface area (Å²) in [5, 5.41) is 11.8. The Balaban J connectivity index is 1.63. The van der Waals surface area contributed by atoms with Crippen LogP contribution < -0.4 is 14.8 Å². The van der Waals surface area contributed by atoms with E-state index in [9.17, 15) is 9.59 Å². The summed E-state index contributed by atoms with van der Waals surface area (Å²) in [4.78, 5) is 23.0. The predicted octanol–water partition coefficient (Wildman–Crippen LogP) is 1.85. The molecule has 6 nitrogen and oxygen atoms in total. The Morgan fingerprint density at radius 1 is 1.15 bits per heavy atom. The van der Waals surface area contributed by atoms with Gasteiger partial charge in [0.15, 0.2) is 11.5 Å². The van der Waals surface area contributed by atoms with Gasteiger partial charge in [-0.15, -0.1) is 0 Å². The zero-order chi connectivity index (χ0) is 14.1. The van der Waals surface area contributed by atoms with Crippen LogP contribution in [0.4, 0.5) is 5.69 Å². The minimum atomic E-state index is -0.816. The molecule has 0 bridgehead atoms. The third kappa shape index (κ3) is 2.41. The molecule has 2 atom stereocenters. The van der Waals surface area contributed by atoms with Crippen molar-refractivity contribution in [2.24, 2.45) is 11.8 Å². The summed E-state index contributed by atoms with van der Waals surface area (Å²) >= 11 is 0. The van der Waals surface area contributed by atoms with E-state index >= 15 is 0 Å². The second kappa shape index (κ2) is 5.03. The van der Waals surface area contributed by atoms with Gasteiger partial charge in [-0.05, 0) is 31.4 Å². The molecule has 0 radical (unpaired) electrons. The first kappa shape index (κ1) is 12.8. The Kier molecular flexibility index (Phi) is 3.22. The lowest BCUT2D eigenvalue weighted by Gasteiger charge is -2.11. The van der Waals surface area contributed by atoms with Crippen LogP contribution in [-0.4, -0.2) is 23.8 Å². The number of hydrogen-bond donors (Lipinski definition) is 2. The van der Waals surface area contributed by atoms with Crippen LogP contribution in [0.15, 0.2) is 18.2 Å². The summed E-state index contributed by atoms with van der Waals surface area (Å²) in [7, 11) is 0. The Morgan fingerprint density at radius 2 is 1.90 bits per heavy atom. The molecule has 1 saturated carbocycles. The summed E-state index contributed by atoms with van der Waals surface area (Å²) in [6, 6.07) is 5.20. The zero-order valence-corrected chi connectivity index (χ0v) is 10.8. The van der Waals surface area contributed by atoms with Crippen LogP contribution in [0.5, 0.6) is 11.5 Å². The van der Waals surface area contributed by atoms with Gasteiger partial charge in [-0.3, -0.25) is 9.59 Å². The van der Waals surface area contributed by atoms with Crippen molar-refractivity contribution < 1.29 is 24.2 Å². The van der Waals surface area contributed by atoms with Gasteiger partial charge in [-0.2, -0.15) is 0 Å². The molecule has 1 heterocycles. The van der Waals surface area contributed by atoms with Gasteiger partial charge in [-0.1, -0.05) is 0 Å². The largest absolute Gasteiger partial charge is 0.481 e. The van der Waals surface area contributed by atoms with Gasteiger partial charge >= 0.3 is 5.97 Å². The monoisotopic (exact) mass is 277 g/mol. The molecular formula is C14H15NO5. The molecule has 3 rings (SSSR count).